The van der Waals surface area contributed by atoms with E-state index in [4.69, 9.17) is 5.26 Å². The molecule has 1 aliphatic rings. The second-order valence-electron chi connectivity index (χ2n) is 4.21. The second-order valence-corrected chi connectivity index (χ2v) is 7.56. The number of anilines is 1. The lowest BCUT2D eigenvalue weighted by atomic mass is 10.2. The van der Waals surface area contributed by atoms with Gasteiger partial charge in [0, 0.05) is 30.0 Å². The Labute approximate surface area is 112 Å². The number of nitriles is 1. The van der Waals surface area contributed by atoms with Crippen molar-refractivity contribution in [2.75, 3.05) is 29.2 Å². The highest BCUT2D eigenvalue weighted by atomic mass is 32.2. The lowest BCUT2D eigenvalue weighted by Gasteiger charge is -2.35. The zero-order chi connectivity index (χ0) is 13.2. The minimum absolute atomic E-state index is 0.468. The fraction of sp³-hybridized carbons (Fsp3) is 0.417. The van der Waals surface area contributed by atoms with Crippen LogP contribution in [-0.2, 0) is 9.84 Å². The molecule has 0 bridgehead atoms. The second kappa shape index (κ2) is 5.21. The third kappa shape index (κ3) is 2.79. The first-order chi connectivity index (χ1) is 8.52. The molecule has 0 aromatic heterocycles. The van der Waals surface area contributed by atoms with E-state index in [9.17, 15) is 8.42 Å². The minimum atomic E-state index is -3.10. The maximum Gasteiger partial charge on any atom is 0.169 e. The molecule has 1 aliphatic heterocycles. The third-order valence-electron chi connectivity index (χ3n) is 2.91. The molecular weight excluding hydrogens is 268 g/mol. The van der Waals surface area contributed by atoms with Crippen molar-refractivity contribution in [3.05, 3.63) is 29.8 Å². The van der Waals surface area contributed by atoms with Crippen LogP contribution in [0.25, 0.3) is 0 Å². The van der Waals surface area contributed by atoms with Crippen LogP contribution in [0.3, 0.4) is 0 Å². The molecule has 0 saturated carbocycles. The van der Waals surface area contributed by atoms with Crippen molar-refractivity contribution in [3.63, 3.8) is 0 Å². The van der Waals surface area contributed by atoms with Gasteiger partial charge in [0.1, 0.15) is 5.37 Å². The number of hydrogen-bond acceptors (Lipinski definition) is 5. The number of benzene rings is 1. The van der Waals surface area contributed by atoms with Crippen molar-refractivity contribution in [1.29, 1.82) is 5.26 Å². The van der Waals surface area contributed by atoms with Gasteiger partial charge >= 0.3 is 0 Å². The van der Waals surface area contributed by atoms with E-state index in [1.165, 1.54) is 6.26 Å². The Kier molecular flexibility index (Phi) is 3.83. The Bertz CT molecular complexity index is 561. The van der Waals surface area contributed by atoms with Gasteiger partial charge in [-0.25, -0.2) is 8.42 Å². The van der Waals surface area contributed by atoms with E-state index in [-0.39, 0.29) is 0 Å². The molecule has 0 spiro atoms. The predicted molar refractivity (Wildman–Crippen MR) is 74.5 cm³/mol. The van der Waals surface area contributed by atoms with Gasteiger partial charge in [0.05, 0.1) is 11.6 Å². The molecule has 1 aromatic carbocycles. The predicted octanol–water partition coefficient (Wildman–Crippen LogP) is 1.48. The van der Waals surface area contributed by atoms with Crippen molar-refractivity contribution in [2.45, 2.75) is 5.37 Å². The normalized spacial score (nSPS) is 20.4. The molecule has 6 heteroatoms. The Balaban J connectivity index is 2.31. The van der Waals surface area contributed by atoms with Gasteiger partial charge in [0.15, 0.2) is 9.84 Å². The monoisotopic (exact) mass is 282 g/mol. The van der Waals surface area contributed by atoms with E-state index in [0.717, 1.165) is 11.4 Å². The van der Waals surface area contributed by atoms with Crippen molar-refractivity contribution < 1.29 is 8.42 Å². The van der Waals surface area contributed by atoms with Crippen molar-refractivity contribution >= 4 is 27.3 Å². The molecule has 1 aromatic rings. The van der Waals surface area contributed by atoms with Crippen LogP contribution in [0.1, 0.15) is 5.56 Å². The van der Waals surface area contributed by atoms with Gasteiger partial charge in [0.2, 0.25) is 0 Å². The highest BCUT2D eigenvalue weighted by Gasteiger charge is 2.30. The van der Waals surface area contributed by atoms with Crippen LogP contribution >= 0.6 is 11.8 Å². The van der Waals surface area contributed by atoms with Gasteiger partial charge in [0.25, 0.3) is 0 Å². The van der Waals surface area contributed by atoms with Crippen LogP contribution in [0.15, 0.2) is 24.3 Å². The maximum atomic E-state index is 11.8. The number of nitrogens with zero attached hydrogens (tertiary/aromatic N) is 2. The van der Waals surface area contributed by atoms with Gasteiger partial charge in [-0.2, -0.15) is 17.0 Å². The summed E-state index contributed by atoms with van der Waals surface area (Å²) in [6.07, 6.45) is 1.28. The highest BCUT2D eigenvalue weighted by Crippen LogP contribution is 2.26. The third-order valence-corrected chi connectivity index (χ3v) is 5.55. The zero-order valence-corrected chi connectivity index (χ0v) is 11.7. The first kappa shape index (κ1) is 13.2. The summed E-state index contributed by atoms with van der Waals surface area (Å²) in [5, 5.41) is 8.29. The standard InChI is InChI=1S/C12H14N2O2S2/c1-18(15,16)12-9-17-7-6-14(12)11-4-2-10(8-13)3-5-11/h2-5,12H,6-7,9H2,1H3. The molecule has 1 unspecified atom stereocenters. The van der Waals surface area contributed by atoms with E-state index < -0.39 is 15.2 Å². The lowest BCUT2D eigenvalue weighted by molar-refractivity contribution is 0.584. The average molecular weight is 282 g/mol. The SMILES string of the molecule is CS(=O)(=O)C1CSCCN1c1ccc(C#N)cc1. The Morgan fingerprint density at radius 2 is 2.06 bits per heavy atom. The lowest BCUT2D eigenvalue weighted by Crippen LogP contribution is -2.47. The van der Waals surface area contributed by atoms with Crippen LogP contribution in [0.2, 0.25) is 0 Å². The summed E-state index contributed by atoms with van der Waals surface area (Å²) in [6, 6.07) is 9.12. The zero-order valence-electron chi connectivity index (χ0n) is 10.0. The van der Waals surface area contributed by atoms with Crippen LogP contribution in [0, 0.1) is 11.3 Å². The molecule has 2 rings (SSSR count). The molecule has 0 N–H and O–H groups in total. The van der Waals surface area contributed by atoms with E-state index in [1.54, 1.807) is 23.9 Å². The first-order valence-electron chi connectivity index (χ1n) is 5.56. The fourth-order valence-corrected chi connectivity index (χ4v) is 4.80. The molecule has 0 aliphatic carbocycles. The van der Waals surface area contributed by atoms with E-state index >= 15 is 0 Å². The summed E-state index contributed by atoms with van der Waals surface area (Å²) in [6.45, 7) is 0.717. The summed E-state index contributed by atoms with van der Waals surface area (Å²) in [7, 11) is -3.10. The number of rotatable bonds is 2. The number of thioether (sulfide) groups is 1. The molecule has 1 fully saturated rings. The van der Waals surface area contributed by atoms with Gasteiger partial charge in [-0.3, -0.25) is 0 Å². The molecular formula is C12H14N2O2S2. The largest absolute Gasteiger partial charge is 0.353 e. The summed E-state index contributed by atoms with van der Waals surface area (Å²) in [4.78, 5) is 1.91. The van der Waals surface area contributed by atoms with Crippen molar-refractivity contribution in [2.24, 2.45) is 0 Å². The maximum absolute atomic E-state index is 11.8. The van der Waals surface area contributed by atoms with Gasteiger partial charge in [-0.15, -0.1) is 0 Å². The molecule has 0 radical (unpaired) electrons. The Morgan fingerprint density at radius 1 is 1.39 bits per heavy atom. The summed E-state index contributed by atoms with van der Waals surface area (Å²) in [5.41, 5.74) is 1.45. The van der Waals surface area contributed by atoms with Gasteiger partial charge in [-0.05, 0) is 24.3 Å². The average Bonchev–Trinajstić information content (AvgIpc) is 2.38. The molecule has 4 nitrogen and oxygen atoms in total. The molecule has 1 saturated heterocycles. The minimum Gasteiger partial charge on any atom is -0.353 e. The van der Waals surface area contributed by atoms with Gasteiger partial charge in [-0.1, -0.05) is 0 Å². The quantitative estimate of drug-likeness (QED) is 0.822. The first-order valence-corrected chi connectivity index (χ1v) is 8.67. The number of hydrogen-bond donors (Lipinski definition) is 0. The Morgan fingerprint density at radius 3 is 2.61 bits per heavy atom. The Hall–Kier alpha value is -1.19. The van der Waals surface area contributed by atoms with Crippen LogP contribution in [0.4, 0.5) is 5.69 Å². The topological polar surface area (TPSA) is 61.2 Å². The van der Waals surface area contributed by atoms with Crippen LogP contribution in [0.5, 0.6) is 0 Å². The highest BCUT2D eigenvalue weighted by molar-refractivity contribution is 8.01. The van der Waals surface area contributed by atoms with Crippen LogP contribution < -0.4 is 4.90 Å². The van der Waals surface area contributed by atoms with Crippen LogP contribution in [-0.4, -0.2) is 38.1 Å². The fourth-order valence-electron chi connectivity index (χ4n) is 1.96. The van der Waals surface area contributed by atoms with Gasteiger partial charge < -0.3 is 4.90 Å². The number of sulfone groups is 1. The summed E-state index contributed by atoms with van der Waals surface area (Å²) < 4.78 is 23.6. The van der Waals surface area contributed by atoms with E-state index in [2.05, 4.69) is 6.07 Å². The van der Waals surface area contributed by atoms with E-state index in [0.29, 0.717) is 17.9 Å². The molecule has 96 valence electrons. The molecule has 1 atom stereocenters. The van der Waals surface area contributed by atoms with E-state index in [1.807, 2.05) is 17.0 Å². The van der Waals surface area contributed by atoms with Crippen molar-refractivity contribution in [1.82, 2.24) is 0 Å². The summed E-state index contributed by atoms with van der Waals surface area (Å²) in [5.74, 6) is 1.52. The van der Waals surface area contributed by atoms with Crippen molar-refractivity contribution in [3.8, 4) is 6.07 Å². The molecule has 1 heterocycles. The molecule has 0 amide bonds. The molecule has 18 heavy (non-hydrogen) atoms. The smallest absolute Gasteiger partial charge is 0.169 e. The summed E-state index contributed by atoms with van der Waals surface area (Å²) >= 11 is 1.66.